The molecule has 2 fully saturated rings. The number of nitrogens with zero attached hydrogens (tertiary/aromatic N) is 2. The van der Waals surface area contributed by atoms with E-state index in [2.05, 4.69) is 41.0 Å². The van der Waals surface area contributed by atoms with Gasteiger partial charge < -0.3 is 10.0 Å². The maximum absolute atomic E-state index is 12.2. The van der Waals surface area contributed by atoms with Crippen molar-refractivity contribution in [2.24, 2.45) is 5.92 Å². The molecule has 132 valence electrons. The molecule has 0 saturated carbocycles. The molecule has 3 rings (SSSR count). The van der Waals surface area contributed by atoms with E-state index in [4.69, 9.17) is 5.11 Å². The smallest absolute Gasteiger partial charge is 0.222 e. The number of hydrogen-bond donors (Lipinski definition) is 1. The fraction of sp³-hybridized carbons (Fsp3) is 0.650. The van der Waals surface area contributed by atoms with Crippen molar-refractivity contribution in [3.05, 3.63) is 35.4 Å². The molecule has 1 aromatic rings. The molecular formula is C20H30N2O2. The summed E-state index contributed by atoms with van der Waals surface area (Å²) >= 11 is 0. The summed E-state index contributed by atoms with van der Waals surface area (Å²) in [5.41, 5.74) is 2.78. The average Bonchev–Trinajstić information content (AvgIpc) is 2.61. The molecule has 4 heteroatoms. The lowest BCUT2D eigenvalue weighted by molar-refractivity contribution is -0.141. The molecule has 0 radical (unpaired) electrons. The summed E-state index contributed by atoms with van der Waals surface area (Å²) < 4.78 is 0. The highest BCUT2D eigenvalue weighted by atomic mass is 16.3. The summed E-state index contributed by atoms with van der Waals surface area (Å²) in [6.07, 6.45) is 4.54. The summed E-state index contributed by atoms with van der Waals surface area (Å²) in [6.45, 7) is 6.23. The van der Waals surface area contributed by atoms with Gasteiger partial charge in [0.1, 0.15) is 0 Å². The van der Waals surface area contributed by atoms with Gasteiger partial charge in [0.15, 0.2) is 0 Å². The Bertz CT molecular complexity index is 543. The molecule has 1 aromatic carbocycles. The van der Waals surface area contributed by atoms with E-state index in [-0.39, 0.29) is 12.5 Å². The Kier molecular flexibility index (Phi) is 5.90. The Hall–Kier alpha value is -1.39. The topological polar surface area (TPSA) is 43.8 Å². The third-order valence-corrected chi connectivity index (χ3v) is 5.62. The highest BCUT2D eigenvalue weighted by molar-refractivity contribution is 5.77. The van der Waals surface area contributed by atoms with Gasteiger partial charge in [-0.1, -0.05) is 31.2 Å². The van der Waals surface area contributed by atoms with Crippen molar-refractivity contribution in [3.63, 3.8) is 0 Å². The largest absolute Gasteiger partial charge is 0.396 e. The van der Waals surface area contributed by atoms with Gasteiger partial charge in [-0.3, -0.25) is 9.69 Å². The lowest BCUT2D eigenvalue weighted by atomic mass is 9.83. The van der Waals surface area contributed by atoms with E-state index in [0.717, 1.165) is 45.4 Å². The van der Waals surface area contributed by atoms with Crippen molar-refractivity contribution in [3.8, 4) is 0 Å². The number of fused-ring (bicyclic) bond motifs is 1. The third-order valence-electron chi connectivity index (χ3n) is 5.62. The summed E-state index contributed by atoms with van der Waals surface area (Å²) in [6, 6.07) is 9.36. The first kappa shape index (κ1) is 17.4. The van der Waals surface area contributed by atoms with Gasteiger partial charge >= 0.3 is 0 Å². The Morgan fingerprint density at radius 2 is 1.92 bits per heavy atom. The second kappa shape index (κ2) is 8.13. The van der Waals surface area contributed by atoms with E-state index in [1.807, 2.05) is 0 Å². The number of aliphatic hydroxyl groups is 1. The molecule has 2 atom stereocenters. The summed E-state index contributed by atoms with van der Waals surface area (Å²) in [4.78, 5) is 16.8. The molecule has 0 aliphatic carbocycles. The van der Waals surface area contributed by atoms with Crippen molar-refractivity contribution >= 4 is 5.91 Å². The zero-order chi connectivity index (χ0) is 16.9. The predicted octanol–water partition coefficient (Wildman–Crippen LogP) is 2.44. The summed E-state index contributed by atoms with van der Waals surface area (Å²) in [5.74, 6) is 0.873. The number of likely N-dealkylation sites (tertiary alicyclic amines) is 2. The van der Waals surface area contributed by atoms with Crippen molar-refractivity contribution in [2.45, 2.75) is 51.6 Å². The van der Waals surface area contributed by atoms with Crippen LogP contribution in [-0.4, -0.2) is 53.1 Å². The van der Waals surface area contributed by atoms with Gasteiger partial charge in [0.05, 0.1) is 0 Å². The van der Waals surface area contributed by atoms with Crippen LogP contribution in [0.15, 0.2) is 24.3 Å². The van der Waals surface area contributed by atoms with Gasteiger partial charge in [-0.05, 0) is 42.7 Å². The fourth-order valence-corrected chi connectivity index (χ4v) is 4.24. The van der Waals surface area contributed by atoms with Gasteiger partial charge in [-0.25, -0.2) is 0 Å². The Morgan fingerprint density at radius 1 is 1.17 bits per heavy atom. The number of amides is 1. The van der Waals surface area contributed by atoms with Crippen molar-refractivity contribution in [2.75, 3.05) is 26.2 Å². The number of carbonyl (C=O) groups excluding carboxylic acids is 1. The molecular weight excluding hydrogens is 300 g/mol. The molecule has 0 unspecified atom stereocenters. The monoisotopic (exact) mass is 330 g/mol. The minimum absolute atomic E-state index is 0.168. The molecule has 0 bridgehead atoms. The first-order valence-electron chi connectivity index (χ1n) is 9.41. The number of hydrogen-bond acceptors (Lipinski definition) is 3. The van der Waals surface area contributed by atoms with Crippen molar-refractivity contribution < 1.29 is 9.90 Å². The van der Waals surface area contributed by atoms with Crippen molar-refractivity contribution in [1.29, 1.82) is 0 Å². The van der Waals surface area contributed by atoms with Crippen LogP contribution < -0.4 is 0 Å². The highest BCUT2D eigenvalue weighted by Gasteiger charge is 2.38. The summed E-state index contributed by atoms with van der Waals surface area (Å²) in [5, 5.41) is 9.08. The van der Waals surface area contributed by atoms with Gasteiger partial charge in [-0.15, -0.1) is 0 Å². The number of rotatable bonds is 6. The Labute approximate surface area is 145 Å². The zero-order valence-electron chi connectivity index (χ0n) is 14.8. The van der Waals surface area contributed by atoms with E-state index < -0.39 is 0 Å². The van der Waals surface area contributed by atoms with E-state index in [0.29, 0.717) is 24.8 Å². The van der Waals surface area contributed by atoms with E-state index in [9.17, 15) is 4.79 Å². The minimum atomic E-state index is 0.168. The molecule has 2 aliphatic heterocycles. The van der Waals surface area contributed by atoms with E-state index >= 15 is 0 Å². The fourth-order valence-electron chi connectivity index (χ4n) is 4.24. The molecule has 1 N–H and O–H groups in total. The Morgan fingerprint density at radius 3 is 2.62 bits per heavy atom. The second-order valence-electron chi connectivity index (χ2n) is 7.22. The van der Waals surface area contributed by atoms with Gasteiger partial charge in [-0.2, -0.15) is 0 Å². The number of carbonyl (C=O) groups is 1. The highest BCUT2D eigenvalue weighted by Crippen LogP contribution is 2.32. The SMILES string of the molecule is CCc1ccc(CN2CC[C@H]3[C@H](CCC(=O)N3CCCO)C2)cc1. The van der Waals surface area contributed by atoms with Gasteiger partial charge in [0.25, 0.3) is 0 Å². The molecule has 4 nitrogen and oxygen atoms in total. The predicted molar refractivity (Wildman–Crippen MR) is 95.6 cm³/mol. The molecule has 1 amide bonds. The second-order valence-corrected chi connectivity index (χ2v) is 7.22. The number of aryl methyl sites for hydroxylation is 1. The molecule has 0 aromatic heterocycles. The van der Waals surface area contributed by atoms with E-state index in [1.54, 1.807) is 0 Å². The van der Waals surface area contributed by atoms with Crippen LogP contribution in [0.1, 0.15) is 43.7 Å². The third kappa shape index (κ3) is 3.98. The molecule has 2 heterocycles. The lowest BCUT2D eigenvalue weighted by Gasteiger charge is -2.47. The Balaban J connectivity index is 1.58. The zero-order valence-corrected chi connectivity index (χ0v) is 14.8. The van der Waals surface area contributed by atoms with Crippen LogP contribution in [0.2, 0.25) is 0 Å². The van der Waals surface area contributed by atoms with Crippen LogP contribution in [0.4, 0.5) is 0 Å². The maximum atomic E-state index is 12.2. The molecule has 2 aliphatic rings. The number of benzene rings is 1. The van der Waals surface area contributed by atoms with Crippen LogP contribution in [0.5, 0.6) is 0 Å². The van der Waals surface area contributed by atoms with Crippen LogP contribution in [0.25, 0.3) is 0 Å². The first-order chi connectivity index (χ1) is 11.7. The van der Waals surface area contributed by atoms with Gasteiger partial charge in [0.2, 0.25) is 5.91 Å². The molecule has 0 spiro atoms. The summed E-state index contributed by atoms with van der Waals surface area (Å²) in [7, 11) is 0. The molecule has 2 saturated heterocycles. The van der Waals surface area contributed by atoms with Gasteiger partial charge in [0, 0.05) is 45.2 Å². The standard InChI is InChI=1S/C20H30N2O2/c1-2-16-4-6-17(7-5-16)14-21-12-10-19-18(15-21)8-9-20(24)22(19)11-3-13-23/h4-7,18-19,23H,2-3,8-15H2,1H3/t18-,19+/m1/s1. The van der Waals surface area contributed by atoms with Crippen LogP contribution in [-0.2, 0) is 17.8 Å². The first-order valence-corrected chi connectivity index (χ1v) is 9.41. The quantitative estimate of drug-likeness (QED) is 0.871. The van der Waals surface area contributed by atoms with Crippen LogP contribution in [0, 0.1) is 5.92 Å². The van der Waals surface area contributed by atoms with Crippen LogP contribution >= 0.6 is 0 Å². The lowest BCUT2D eigenvalue weighted by Crippen LogP contribution is -2.56. The minimum Gasteiger partial charge on any atom is -0.396 e. The van der Waals surface area contributed by atoms with E-state index in [1.165, 1.54) is 11.1 Å². The number of aliphatic hydroxyl groups excluding tert-OH is 1. The molecule has 24 heavy (non-hydrogen) atoms. The van der Waals surface area contributed by atoms with Crippen LogP contribution in [0.3, 0.4) is 0 Å². The maximum Gasteiger partial charge on any atom is 0.222 e. The normalized spacial score (nSPS) is 24.9. The van der Waals surface area contributed by atoms with Crippen molar-refractivity contribution in [1.82, 2.24) is 9.80 Å². The number of piperidine rings is 2. The average molecular weight is 330 g/mol.